The summed E-state index contributed by atoms with van der Waals surface area (Å²) in [7, 11) is -1.12. The first-order valence-electron chi connectivity index (χ1n) is 4.31. The lowest BCUT2D eigenvalue weighted by molar-refractivity contribution is 0.912. The van der Waals surface area contributed by atoms with Crippen LogP contribution < -0.4 is 0 Å². The molecule has 0 aliphatic carbocycles. The molecule has 0 radical (unpaired) electrons. The van der Waals surface area contributed by atoms with Gasteiger partial charge in [0, 0.05) is 5.88 Å². The minimum Gasteiger partial charge on any atom is -0.127 e. The molecule has 0 aliphatic rings. The zero-order valence-corrected chi connectivity index (χ0v) is 11.7. The standard InChI is InChI=1S/C9H18BrClSi/c1-8(6-5-7-11)9(10)12(2,3)4/h5-7H2,1-4H3/b9-8-. The second-order valence-electron chi connectivity index (χ2n) is 4.14. The van der Waals surface area contributed by atoms with Crippen molar-refractivity contribution >= 4 is 35.6 Å². The summed E-state index contributed by atoms with van der Waals surface area (Å²) >= 11 is 9.33. The lowest BCUT2D eigenvalue weighted by Crippen LogP contribution is -2.21. The maximum atomic E-state index is 5.64. The molecule has 0 fully saturated rings. The van der Waals surface area contributed by atoms with E-state index in [1.54, 1.807) is 0 Å². The van der Waals surface area contributed by atoms with E-state index in [1.165, 1.54) is 9.68 Å². The predicted octanol–water partition coefficient (Wildman–Crippen LogP) is 4.55. The molecule has 0 N–H and O–H groups in total. The fraction of sp³-hybridized carbons (Fsp3) is 0.778. The highest BCUT2D eigenvalue weighted by Crippen LogP contribution is 2.26. The normalized spacial score (nSPS) is 14.5. The fourth-order valence-corrected chi connectivity index (χ4v) is 2.82. The number of hydrogen-bond acceptors (Lipinski definition) is 0. The van der Waals surface area contributed by atoms with Gasteiger partial charge in [-0.2, -0.15) is 0 Å². The maximum absolute atomic E-state index is 5.64. The van der Waals surface area contributed by atoms with Gasteiger partial charge in [-0.25, -0.2) is 0 Å². The third kappa shape index (κ3) is 4.68. The van der Waals surface area contributed by atoms with Gasteiger partial charge in [-0.3, -0.25) is 0 Å². The predicted molar refractivity (Wildman–Crippen MR) is 64.9 cm³/mol. The van der Waals surface area contributed by atoms with Crippen LogP contribution in [0.2, 0.25) is 19.6 Å². The maximum Gasteiger partial charge on any atom is 0.0864 e. The Morgan fingerprint density at radius 1 is 1.33 bits per heavy atom. The van der Waals surface area contributed by atoms with Crippen molar-refractivity contribution in [3.8, 4) is 0 Å². The lowest BCUT2D eigenvalue weighted by atomic mass is 10.2. The van der Waals surface area contributed by atoms with E-state index in [0.29, 0.717) is 0 Å². The molecule has 0 saturated heterocycles. The van der Waals surface area contributed by atoms with Crippen molar-refractivity contribution < 1.29 is 0 Å². The quantitative estimate of drug-likeness (QED) is 0.519. The number of rotatable bonds is 4. The Kier molecular flexibility index (Phi) is 5.79. The number of halogens is 2. The van der Waals surface area contributed by atoms with Crippen molar-refractivity contribution in [2.24, 2.45) is 0 Å². The summed E-state index contributed by atoms with van der Waals surface area (Å²) < 4.78 is 1.46. The van der Waals surface area contributed by atoms with Crippen LogP contribution in [0.5, 0.6) is 0 Å². The topological polar surface area (TPSA) is 0 Å². The van der Waals surface area contributed by atoms with Crippen LogP contribution >= 0.6 is 27.5 Å². The Bertz CT molecular complexity index is 170. The van der Waals surface area contributed by atoms with E-state index in [1.807, 2.05) is 0 Å². The molecule has 12 heavy (non-hydrogen) atoms. The molecule has 0 amide bonds. The van der Waals surface area contributed by atoms with Gasteiger partial charge < -0.3 is 0 Å². The molecule has 0 unspecified atom stereocenters. The summed E-state index contributed by atoms with van der Waals surface area (Å²) in [6, 6.07) is 0. The van der Waals surface area contributed by atoms with E-state index in [9.17, 15) is 0 Å². The summed E-state index contributed by atoms with van der Waals surface area (Å²) in [5.41, 5.74) is 1.48. The number of allylic oxidation sites excluding steroid dienone is 1. The van der Waals surface area contributed by atoms with Gasteiger partial charge in [0.1, 0.15) is 0 Å². The van der Waals surface area contributed by atoms with Crippen molar-refractivity contribution in [1.82, 2.24) is 0 Å². The summed E-state index contributed by atoms with van der Waals surface area (Å²) in [6.07, 6.45) is 2.22. The highest BCUT2D eigenvalue weighted by Gasteiger charge is 2.18. The van der Waals surface area contributed by atoms with E-state index in [-0.39, 0.29) is 0 Å². The van der Waals surface area contributed by atoms with Gasteiger partial charge in [-0.05, 0) is 23.9 Å². The molecule has 0 heterocycles. The first-order valence-corrected chi connectivity index (χ1v) is 9.14. The second-order valence-corrected chi connectivity index (χ2v) is 11.0. The van der Waals surface area contributed by atoms with E-state index < -0.39 is 8.07 Å². The third-order valence-electron chi connectivity index (χ3n) is 1.72. The summed E-state index contributed by atoms with van der Waals surface area (Å²) in [5, 5.41) is 0. The molecule has 3 heteroatoms. The van der Waals surface area contributed by atoms with E-state index in [4.69, 9.17) is 11.6 Å². The Morgan fingerprint density at radius 2 is 1.83 bits per heavy atom. The molecule has 0 nitrogen and oxygen atoms in total. The second kappa shape index (κ2) is 5.46. The first-order chi connectivity index (χ1) is 5.39. The molecule has 0 rings (SSSR count). The zero-order valence-electron chi connectivity index (χ0n) is 8.38. The summed E-state index contributed by atoms with van der Waals surface area (Å²) in [4.78, 5) is 0. The van der Waals surface area contributed by atoms with Crippen LogP contribution in [0, 0.1) is 0 Å². The van der Waals surface area contributed by atoms with E-state index in [2.05, 4.69) is 42.5 Å². The zero-order chi connectivity index (χ0) is 9.78. The van der Waals surface area contributed by atoms with Crippen molar-refractivity contribution in [1.29, 1.82) is 0 Å². The molecule has 0 saturated carbocycles. The van der Waals surface area contributed by atoms with Gasteiger partial charge >= 0.3 is 0 Å². The Balaban J connectivity index is 4.26. The van der Waals surface area contributed by atoms with Crippen LogP contribution in [-0.2, 0) is 0 Å². The largest absolute Gasteiger partial charge is 0.127 e. The average molecular weight is 270 g/mol. The summed E-state index contributed by atoms with van der Waals surface area (Å²) in [6.45, 7) is 9.25. The first kappa shape index (κ1) is 12.7. The van der Waals surface area contributed by atoms with Crippen molar-refractivity contribution in [3.05, 3.63) is 9.68 Å². The highest BCUT2D eigenvalue weighted by atomic mass is 79.9. The highest BCUT2D eigenvalue weighted by molar-refractivity contribution is 9.12. The Morgan fingerprint density at radius 3 is 2.17 bits per heavy atom. The minimum atomic E-state index is -1.12. The fourth-order valence-electron chi connectivity index (χ4n) is 1.08. The molecule has 0 aromatic heterocycles. The lowest BCUT2D eigenvalue weighted by Gasteiger charge is -2.18. The molecule has 0 spiro atoms. The van der Waals surface area contributed by atoms with Crippen LogP contribution in [0.4, 0.5) is 0 Å². The van der Waals surface area contributed by atoms with Crippen LogP contribution in [-0.4, -0.2) is 14.0 Å². The van der Waals surface area contributed by atoms with Crippen molar-refractivity contribution in [2.45, 2.75) is 39.4 Å². The van der Waals surface area contributed by atoms with Gasteiger partial charge in [-0.15, -0.1) is 11.6 Å². The summed E-state index contributed by atoms with van der Waals surface area (Å²) in [5.74, 6) is 0.767. The third-order valence-corrected chi connectivity index (χ3v) is 7.97. The van der Waals surface area contributed by atoms with Crippen molar-refractivity contribution in [2.75, 3.05) is 5.88 Å². The SMILES string of the molecule is C/C(CCCCl)=C(\Br)[Si](C)(C)C. The molecule has 0 aromatic rings. The van der Waals surface area contributed by atoms with Gasteiger partial charge in [0.15, 0.2) is 0 Å². The van der Waals surface area contributed by atoms with E-state index in [0.717, 1.165) is 18.7 Å². The van der Waals surface area contributed by atoms with Crippen LogP contribution in [0.1, 0.15) is 19.8 Å². The Hall–Kier alpha value is 0.727. The van der Waals surface area contributed by atoms with Gasteiger partial charge in [0.2, 0.25) is 0 Å². The smallest absolute Gasteiger partial charge is 0.0864 e. The monoisotopic (exact) mass is 268 g/mol. The van der Waals surface area contributed by atoms with Crippen LogP contribution in [0.3, 0.4) is 0 Å². The van der Waals surface area contributed by atoms with Crippen LogP contribution in [0.25, 0.3) is 0 Å². The Labute approximate surface area is 90.5 Å². The molecule has 0 atom stereocenters. The molecule has 0 aliphatic heterocycles. The van der Waals surface area contributed by atoms with Gasteiger partial charge in [-0.1, -0.05) is 41.1 Å². The molecular weight excluding hydrogens is 252 g/mol. The van der Waals surface area contributed by atoms with Gasteiger partial charge in [0.25, 0.3) is 0 Å². The molecule has 0 bridgehead atoms. The molecular formula is C9H18BrClSi. The number of alkyl halides is 1. The van der Waals surface area contributed by atoms with Gasteiger partial charge in [0.05, 0.1) is 8.07 Å². The van der Waals surface area contributed by atoms with Crippen LogP contribution in [0.15, 0.2) is 9.68 Å². The minimum absolute atomic E-state index is 0.767. The molecule has 0 aromatic carbocycles. The number of hydrogen-bond donors (Lipinski definition) is 0. The van der Waals surface area contributed by atoms with E-state index >= 15 is 0 Å². The molecule has 72 valence electrons. The average Bonchev–Trinajstić information content (AvgIpc) is 1.97. The van der Waals surface area contributed by atoms with Crippen molar-refractivity contribution in [3.63, 3.8) is 0 Å².